The number of benzene rings is 2. The predicted octanol–water partition coefficient (Wildman–Crippen LogP) is 4.20. The van der Waals surface area contributed by atoms with Crippen LogP contribution in [0, 0.1) is 10.1 Å². The Hall–Kier alpha value is -3.59. The Morgan fingerprint density at radius 1 is 1.14 bits per heavy atom. The van der Waals surface area contributed by atoms with Crippen molar-refractivity contribution in [2.75, 3.05) is 5.32 Å². The van der Waals surface area contributed by atoms with E-state index >= 15 is 0 Å². The third-order valence-electron chi connectivity index (χ3n) is 4.10. The van der Waals surface area contributed by atoms with Crippen LogP contribution in [-0.4, -0.2) is 28.7 Å². The number of thiophene rings is 1. The van der Waals surface area contributed by atoms with Gasteiger partial charge in [-0.25, -0.2) is 4.79 Å². The fraction of sp³-hybridized carbons (Fsp3) is 0.150. The van der Waals surface area contributed by atoms with Crippen LogP contribution in [0.2, 0.25) is 0 Å². The smallest absolute Gasteiger partial charge is 0.349 e. The normalized spacial score (nSPS) is 11.7. The largest absolute Gasteiger partial charge is 0.448 e. The summed E-state index contributed by atoms with van der Waals surface area (Å²) >= 11 is 1.12. The van der Waals surface area contributed by atoms with Gasteiger partial charge in [-0.05, 0) is 38.1 Å². The molecule has 8 nitrogen and oxygen atoms in total. The van der Waals surface area contributed by atoms with Crippen molar-refractivity contribution in [3.8, 4) is 0 Å². The lowest BCUT2D eigenvalue weighted by atomic mass is 10.1. The molecule has 3 rings (SSSR count). The number of nitrogens with zero attached hydrogens (tertiary/aromatic N) is 1. The number of ketones is 1. The van der Waals surface area contributed by atoms with Crippen molar-refractivity contribution in [3.05, 3.63) is 69.1 Å². The van der Waals surface area contributed by atoms with Crippen LogP contribution >= 0.6 is 11.3 Å². The van der Waals surface area contributed by atoms with Gasteiger partial charge < -0.3 is 10.1 Å². The number of anilines is 1. The number of hydrogen-bond donors (Lipinski definition) is 1. The Balaban J connectivity index is 1.69. The van der Waals surface area contributed by atoms with Gasteiger partial charge in [-0.15, -0.1) is 11.3 Å². The lowest BCUT2D eigenvalue weighted by Gasteiger charge is -2.13. The van der Waals surface area contributed by atoms with Crippen molar-refractivity contribution < 1.29 is 24.0 Å². The molecule has 148 valence electrons. The van der Waals surface area contributed by atoms with E-state index in [2.05, 4.69) is 5.32 Å². The summed E-state index contributed by atoms with van der Waals surface area (Å²) in [6.07, 6.45) is -1.08. The zero-order valence-electron chi connectivity index (χ0n) is 15.5. The van der Waals surface area contributed by atoms with E-state index in [0.717, 1.165) is 11.3 Å². The number of nitro benzene ring substituents is 1. The molecule has 1 atom stereocenters. The molecule has 0 saturated heterocycles. The van der Waals surface area contributed by atoms with Gasteiger partial charge in [0, 0.05) is 33.5 Å². The highest BCUT2D eigenvalue weighted by Gasteiger charge is 2.21. The van der Waals surface area contributed by atoms with Crippen LogP contribution in [-0.2, 0) is 9.53 Å². The Bertz CT molecular complexity index is 1140. The lowest BCUT2D eigenvalue weighted by molar-refractivity contribution is -0.384. The average Bonchev–Trinajstić information content (AvgIpc) is 3.11. The second-order valence-corrected chi connectivity index (χ2v) is 7.35. The van der Waals surface area contributed by atoms with Gasteiger partial charge in [0.15, 0.2) is 11.9 Å². The minimum absolute atomic E-state index is 0.0734. The highest BCUT2D eigenvalue weighted by atomic mass is 32.1. The van der Waals surface area contributed by atoms with Gasteiger partial charge >= 0.3 is 5.97 Å². The number of fused-ring (bicyclic) bond motifs is 1. The third kappa shape index (κ3) is 4.64. The van der Waals surface area contributed by atoms with Gasteiger partial charge in [0.2, 0.25) is 0 Å². The summed E-state index contributed by atoms with van der Waals surface area (Å²) in [5.74, 6) is -1.38. The number of carbonyl (C=O) groups excluding carboxylic acids is 3. The summed E-state index contributed by atoms with van der Waals surface area (Å²) in [5.41, 5.74) is 0.794. The van der Waals surface area contributed by atoms with Crippen LogP contribution in [0.25, 0.3) is 10.1 Å². The first-order valence-corrected chi connectivity index (χ1v) is 9.37. The summed E-state index contributed by atoms with van der Waals surface area (Å²) in [4.78, 5) is 46.7. The van der Waals surface area contributed by atoms with Gasteiger partial charge in [0.1, 0.15) is 4.88 Å². The Morgan fingerprint density at radius 3 is 2.59 bits per heavy atom. The molecule has 1 amide bonds. The standard InChI is InChI=1S/C20H16N2O6S/c1-11(23)13-4-3-5-15(8-13)21-19(24)12(2)28-20(25)18-10-14-9-16(22(26)27)6-7-17(14)29-18/h3-10,12H,1-2H3,(H,21,24). The maximum absolute atomic E-state index is 12.4. The fourth-order valence-corrected chi connectivity index (χ4v) is 3.50. The summed E-state index contributed by atoms with van der Waals surface area (Å²) in [6.45, 7) is 2.85. The lowest BCUT2D eigenvalue weighted by Crippen LogP contribution is -2.29. The first kappa shape index (κ1) is 20.2. The molecule has 0 aliphatic carbocycles. The summed E-state index contributed by atoms with van der Waals surface area (Å²) in [5, 5.41) is 14.0. The zero-order valence-corrected chi connectivity index (χ0v) is 16.3. The van der Waals surface area contributed by atoms with Gasteiger partial charge in [0.25, 0.3) is 11.6 Å². The molecule has 0 fully saturated rings. The third-order valence-corrected chi connectivity index (χ3v) is 5.20. The van der Waals surface area contributed by atoms with E-state index in [1.54, 1.807) is 24.3 Å². The SMILES string of the molecule is CC(=O)c1cccc(NC(=O)C(C)OC(=O)c2cc3cc([N+](=O)[O-])ccc3s2)c1. The number of Topliss-reactive ketones (excluding diaryl/α,β-unsaturated/α-hetero) is 1. The Kier molecular flexibility index (Phi) is 5.69. The number of carbonyl (C=O) groups is 3. The highest BCUT2D eigenvalue weighted by Crippen LogP contribution is 2.29. The monoisotopic (exact) mass is 412 g/mol. The van der Waals surface area contributed by atoms with Crippen LogP contribution < -0.4 is 5.32 Å². The molecule has 9 heteroatoms. The molecule has 3 aromatic rings. The van der Waals surface area contributed by atoms with Gasteiger partial charge in [-0.3, -0.25) is 19.7 Å². The number of ether oxygens (including phenoxy) is 1. The predicted molar refractivity (Wildman–Crippen MR) is 108 cm³/mol. The molecule has 0 radical (unpaired) electrons. The van der Waals surface area contributed by atoms with E-state index in [-0.39, 0.29) is 16.3 Å². The van der Waals surface area contributed by atoms with Crippen LogP contribution in [0.4, 0.5) is 11.4 Å². The number of esters is 1. The van der Waals surface area contributed by atoms with Crippen molar-refractivity contribution in [1.82, 2.24) is 0 Å². The molecule has 0 bridgehead atoms. The second-order valence-electron chi connectivity index (χ2n) is 6.26. The van der Waals surface area contributed by atoms with E-state index in [9.17, 15) is 24.5 Å². The van der Waals surface area contributed by atoms with E-state index in [4.69, 9.17) is 4.74 Å². The molecule has 0 saturated carbocycles. The average molecular weight is 412 g/mol. The van der Waals surface area contributed by atoms with Crippen LogP contribution in [0.3, 0.4) is 0 Å². The van der Waals surface area contributed by atoms with Crippen LogP contribution in [0.1, 0.15) is 33.9 Å². The van der Waals surface area contributed by atoms with Gasteiger partial charge in [-0.1, -0.05) is 12.1 Å². The molecule has 29 heavy (non-hydrogen) atoms. The van der Waals surface area contributed by atoms with Gasteiger partial charge in [-0.2, -0.15) is 0 Å². The van der Waals surface area contributed by atoms with Crippen molar-refractivity contribution in [2.24, 2.45) is 0 Å². The first-order chi connectivity index (χ1) is 13.7. The van der Waals surface area contributed by atoms with Crippen LogP contribution in [0.15, 0.2) is 48.5 Å². The second kappa shape index (κ2) is 8.19. The van der Waals surface area contributed by atoms with Crippen molar-refractivity contribution in [3.63, 3.8) is 0 Å². The first-order valence-electron chi connectivity index (χ1n) is 8.55. The number of rotatable bonds is 6. The van der Waals surface area contributed by atoms with E-state index < -0.39 is 22.9 Å². The summed E-state index contributed by atoms with van der Waals surface area (Å²) < 4.78 is 5.91. The highest BCUT2D eigenvalue weighted by molar-refractivity contribution is 7.20. The minimum Gasteiger partial charge on any atom is -0.448 e. The number of non-ortho nitro benzene ring substituents is 1. The quantitative estimate of drug-likeness (QED) is 0.281. The molecule has 1 N–H and O–H groups in total. The molecule has 0 spiro atoms. The fourth-order valence-electron chi connectivity index (χ4n) is 2.58. The summed E-state index contributed by atoms with van der Waals surface area (Å²) in [7, 11) is 0. The number of nitrogens with one attached hydrogen (secondary N) is 1. The maximum Gasteiger partial charge on any atom is 0.349 e. The molecule has 1 heterocycles. The molecule has 1 aromatic heterocycles. The summed E-state index contributed by atoms with van der Waals surface area (Å²) in [6, 6.07) is 12.2. The van der Waals surface area contributed by atoms with Gasteiger partial charge in [0.05, 0.1) is 4.92 Å². The number of nitro groups is 1. The Morgan fingerprint density at radius 2 is 1.90 bits per heavy atom. The number of amides is 1. The molecular formula is C20H16N2O6S. The van der Waals surface area contributed by atoms with Crippen molar-refractivity contribution in [2.45, 2.75) is 20.0 Å². The van der Waals surface area contributed by atoms with Crippen LogP contribution in [0.5, 0.6) is 0 Å². The Labute approximate surface area is 169 Å². The molecule has 1 unspecified atom stereocenters. The molecule has 0 aliphatic rings. The van der Waals surface area contributed by atoms with E-state index in [1.807, 2.05) is 0 Å². The van der Waals surface area contributed by atoms with E-state index in [0.29, 0.717) is 21.3 Å². The molecular weight excluding hydrogens is 396 g/mol. The van der Waals surface area contributed by atoms with Crippen molar-refractivity contribution >= 4 is 50.5 Å². The van der Waals surface area contributed by atoms with Crippen molar-refractivity contribution in [1.29, 1.82) is 0 Å². The molecule has 0 aliphatic heterocycles. The zero-order chi connectivity index (χ0) is 21.1. The minimum atomic E-state index is -1.08. The maximum atomic E-state index is 12.4. The number of hydrogen-bond acceptors (Lipinski definition) is 7. The topological polar surface area (TPSA) is 116 Å². The van der Waals surface area contributed by atoms with E-state index in [1.165, 1.54) is 38.1 Å². The molecule has 2 aromatic carbocycles.